The van der Waals surface area contributed by atoms with Gasteiger partial charge in [0.05, 0.1) is 0 Å². The Balaban J connectivity index is 1.73. The van der Waals surface area contributed by atoms with Crippen molar-refractivity contribution in [2.75, 3.05) is 33.7 Å². The molecule has 0 unspecified atom stereocenters. The van der Waals surface area contributed by atoms with Gasteiger partial charge in [-0.3, -0.25) is 4.79 Å². The molecule has 98 valence electrons. The number of rotatable bonds is 3. The molecule has 0 N–H and O–H groups in total. The van der Waals surface area contributed by atoms with Gasteiger partial charge in [0.25, 0.3) is 0 Å². The van der Waals surface area contributed by atoms with Crippen molar-refractivity contribution < 1.29 is 4.79 Å². The van der Waals surface area contributed by atoms with E-state index in [0.717, 1.165) is 31.6 Å². The van der Waals surface area contributed by atoms with Crippen molar-refractivity contribution in [3.63, 3.8) is 0 Å². The molecule has 0 aromatic rings. The van der Waals surface area contributed by atoms with Crippen LogP contribution in [0.15, 0.2) is 0 Å². The SMILES string of the molecule is CN(C)CC1CCN(C2CCC(=O)CC2)CC1. The smallest absolute Gasteiger partial charge is 0.133 e. The van der Waals surface area contributed by atoms with E-state index in [9.17, 15) is 4.79 Å². The third-order valence-corrected chi connectivity index (χ3v) is 4.30. The predicted octanol–water partition coefficient (Wildman–Crippen LogP) is 1.77. The second-order valence-corrected chi connectivity index (χ2v) is 6.01. The van der Waals surface area contributed by atoms with Crippen LogP contribution in [-0.2, 0) is 4.79 Å². The summed E-state index contributed by atoms with van der Waals surface area (Å²) >= 11 is 0. The molecule has 1 saturated heterocycles. The molecule has 17 heavy (non-hydrogen) atoms. The highest BCUT2D eigenvalue weighted by atomic mass is 16.1. The first-order valence-electron chi connectivity index (χ1n) is 7.05. The molecule has 0 bridgehead atoms. The Morgan fingerprint density at radius 1 is 1.12 bits per heavy atom. The summed E-state index contributed by atoms with van der Waals surface area (Å²) in [7, 11) is 4.33. The second-order valence-electron chi connectivity index (χ2n) is 6.01. The van der Waals surface area contributed by atoms with Crippen LogP contribution in [-0.4, -0.2) is 55.4 Å². The van der Waals surface area contributed by atoms with Crippen LogP contribution in [0.25, 0.3) is 0 Å². The van der Waals surface area contributed by atoms with Crippen molar-refractivity contribution in [3.8, 4) is 0 Å². The molecular formula is C14H26N2O. The minimum absolute atomic E-state index is 0.476. The van der Waals surface area contributed by atoms with E-state index < -0.39 is 0 Å². The van der Waals surface area contributed by atoms with E-state index in [-0.39, 0.29) is 0 Å². The molecule has 2 rings (SSSR count). The zero-order valence-electron chi connectivity index (χ0n) is 11.3. The fourth-order valence-electron chi connectivity index (χ4n) is 3.31. The predicted molar refractivity (Wildman–Crippen MR) is 70.1 cm³/mol. The quantitative estimate of drug-likeness (QED) is 0.748. The highest BCUT2D eigenvalue weighted by molar-refractivity contribution is 5.79. The second kappa shape index (κ2) is 5.96. The minimum Gasteiger partial charge on any atom is -0.309 e. The summed E-state index contributed by atoms with van der Waals surface area (Å²) in [5, 5.41) is 0. The average molecular weight is 238 g/mol. The van der Waals surface area contributed by atoms with Crippen LogP contribution >= 0.6 is 0 Å². The van der Waals surface area contributed by atoms with Crippen molar-refractivity contribution in [3.05, 3.63) is 0 Å². The molecular weight excluding hydrogens is 212 g/mol. The lowest BCUT2D eigenvalue weighted by Crippen LogP contribution is -2.44. The molecule has 3 heteroatoms. The van der Waals surface area contributed by atoms with E-state index in [0.29, 0.717) is 11.8 Å². The average Bonchev–Trinajstić information content (AvgIpc) is 2.30. The van der Waals surface area contributed by atoms with Crippen molar-refractivity contribution in [2.45, 2.75) is 44.6 Å². The van der Waals surface area contributed by atoms with E-state index in [1.165, 1.54) is 32.5 Å². The van der Waals surface area contributed by atoms with E-state index >= 15 is 0 Å². The monoisotopic (exact) mass is 238 g/mol. The standard InChI is InChI=1S/C14H26N2O/c1-15(2)11-12-7-9-16(10-8-12)13-3-5-14(17)6-4-13/h12-13H,3-11H2,1-2H3. The molecule has 1 aliphatic carbocycles. The summed E-state index contributed by atoms with van der Waals surface area (Å²) in [5.74, 6) is 1.36. The Hall–Kier alpha value is -0.410. The minimum atomic E-state index is 0.476. The lowest BCUT2D eigenvalue weighted by atomic mass is 9.89. The maximum atomic E-state index is 11.2. The van der Waals surface area contributed by atoms with Crippen LogP contribution in [0.5, 0.6) is 0 Å². The fourth-order valence-corrected chi connectivity index (χ4v) is 3.31. The molecule has 2 aliphatic rings. The van der Waals surface area contributed by atoms with Gasteiger partial charge < -0.3 is 9.80 Å². The van der Waals surface area contributed by atoms with E-state index in [2.05, 4.69) is 23.9 Å². The number of likely N-dealkylation sites (tertiary alicyclic amines) is 1. The number of Topliss-reactive ketones (excluding diaryl/α,β-unsaturated/α-hetero) is 1. The van der Waals surface area contributed by atoms with Crippen molar-refractivity contribution in [1.82, 2.24) is 9.80 Å². The van der Waals surface area contributed by atoms with Crippen LogP contribution in [0.1, 0.15) is 38.5 Å². The van der Waals surface area contributed by atoms with Crippen LogP contribution < -0.4 is 0 Å². The molecule has 2 fully saturated rings. The Bertz CT molecular complexity index is 247. The van der Waals surface area contributed by atoms with Crippen LogP contribution in [0.4, 0.5) is 0 Å². The normalized spacial score (nSPS) is 25.7. The number of piperidine rings is 1. The molecule has 1 saturated carbocycles. The third-order valence-electron chi connectivity index (χ3n) is 4.30. The molecule has 0 aromatic carbocycles. The summed E-state index contributed by atoms with van der Waals surface area (Å²) in [4.78, 5) is 16.2. The molecule has 0 amide bonds. The third kappa shape index (κ3) is 3.78. The number of hydrogen-bond acceptors (Lipinski definition) is 3. The van der Waals surface area contributed by atoms with Gasteiger partial charge in [0.15, 0.2) is 0 Å². The van der Waals surface area contributed by atoms with Crippen molar-refractivity contribution in [2.24, 2.45) is 5.92 Å². The first-order chi connectivity index (χ1) is 8.15. The van der Waals surface area contributed by atoms with Crippen molar-refractivity contribution >= 4 is 5.78 Å². The summed E-state index contributed by atoms with van der Waals surface area (Å²) < 4.78 is 0. The van der Waals surface area contributed by atoms with Gasteiger partial charge in [0.1, 0.15) is 5.78 Å². The van der Waals surface area contributed by atoms with E-state index in [4.69, 9.17) is 0 Å². The number of ketones is 1. The zero-order chi connectivity index (χ0) is 12.3. The topological polar surface area (TPSA) is 23.6 Å². The lowest BCUT2D eigenvalue weighted by Gasteiger charge is -2.39. The Morgan fingerprint density at radius 2 is 1.71 bits per heavy atom. The van der Waals surface area contributed by atoms with Gasteiger partial charge >= 0.3 is 0 Å². The van der Waals surface area contributed by atoms with Gasteiger partial charge in [-0.05, 0) is 58.8 Å². The number of carbonyl (C=O) groups is 1. The first-order valence-corrected chi connectivity index (χ1v) is 7.05. The molecule has 0 spiro atoms. The summed E-state index contributed by atoms with van der Waals surface area (Å²) in [6.45, 7) is 3.73. The highest BCUT2D eigenvalue weighted by Gasteiger charge is 2.28. The number of nitrogens with zero attached hydrogens (tertiary/aromatic N) is 2. The van der Waals surface area contributed by atoms with Crippen LogP contribution in [0.2, 0.25) is 0 Å². The van der Waals surface area contributed by atoms with Gasteiger partial charge in [-0.2, -0.15) is 0 Å². The zero-order valence-corrected chi connectivity index (χ0v) is 11.3. The van der Waals surface area contributed by atoms with Gasteiger partial charge in [-0.15, -0.1) is 0 Å². The van der Waals surface area contributed by atoms with Gasteiger partial charge in [0, 0.05) is 25.4 Å². The molecule has 1 heterocycles. The first kappa shape index (κ1) is 13.0. The summed E-state index contributed by atoms with van der Waals surface area (Å²) in [6, 6.07) is 0.702. The largest absolute Gasteiger partial charge is 0.309 e. The summed E-state index contributed by atoms with van der Waals surface area (Å²) in [6.07, 6.45) is 6.53. The lowest BCUT2D eigenvalue weighted by molar-refractivity contribution is -0.121. The Labute approximate surface area is 105 Å². The van der Waals surface area contributed by atoms with Crippen LogP contribution in [0.3, 0.4) is 0 Å². The van der Waals surface area contributed by atoms with Gasteiger partial charge in [0.2, 0.25) is 0 Å². The van der Waals surface area contributed by atoms with Crippen LogP contribution in [0, 0.1) is 5.92 Å². The van der Waals surface area contributed by atoms with Gasteiger partial charge in [-0.25, -0.2) is 0 Å². The maximum Gasteiger partial charge on any atom is 0.133 e. The Kier molecular flexibility index (Phi) is 4.57. The fraction of sp³-hybridized carbons (Fsp3) is 0.929. The van der Waals surface area contributed by atoms with E-state index in [1.807, 2.05) is 0 Å². The van der Waals surface area contributed by atoms with Gasteiger partial charge in [-0.1, -0.05) is 0 Å². The van der Waals surface area contributed by atoms with E-state index in [1.54, 1.807) is 0 Å². The Morgan fingerprint density at radius 3 is 2.24 bits per heavy atom. The summed E-state index contributed by atoms with van der Waals surface area (Å²) in [5.41, 5.74) is 0. The molecule has 3 nitrogen and oxygen atoms in total. The maximum absolute atomic E-state index is 11.2. The molecule has 1 aliphatic heterocycles. The molecule has 0 atom stereocenters. The number of hydrogen-bond donors (Lipinski definition) is 0. The van der Waals surface area contributed by atoms with Crippen molar-refractivity contribution in [1.29, 1.82) is 0 Å². The molecule has 0 aromatic heterocycles. The molecule has 0 radical (unpaired) electrons. The highest BCUT2D eigenvalue weighted by Crippen LogP contribution is 2.26. The number of carbonyl (C=O) groups excluding carboxylic acids is 1.